The molecule has 0 atom stereocenters. The summed E-state index contributed by atoms with van der Waals surface area (Å²) in [6.45, 7) is 7.04. The molecule has 1 heterocycles. The zero-order valence-corrected chi connectivity index (χ0v) is 14.2. The van der Waals surface area contributed by atoms with Crippen molar-refractivity contribution >= 4 is 11.6 Å². The van der Waals surface area contributed by atoms with Crippen molar-refractivity contribution in [3.63, 3.8) is 0 Å². The molecule has 0 saturated carbocycles. The first-order valence-corrected chi connectivity index (χ1v) is 8.40. The maximum absolute atomic E-state index is 12.2. The van der Waals surface area contributed by atoms with Gasteiger partial charge in [0.2, 0.25) is 5.91 Å². The van der Waals surface area contributed by atoms with Crippen molar-refractivity contribution in [3.05, 3.63) is 29.3 Å². The Labute approximate surface area is 138 Å². The average molecular weight is 320 g/mol. The van der Waals surface area contributed by atoms with Crippen LogP contribution in [0.3, 0.4) is 0 Å². The van der Waals surface area contributed by atoms with Crippen LogP contribution < -0.4 is 5.32 Å². The van der Waals surface area contributed by atoms with E-state index in [0.717, 1.165) is 37.2 Å². The molecule has 23 heavy (non-hydrogen) atoms. The highest BCUT2D eigenvalue weighted by atomic mass is 16.5. The zero-order valence-electron chi connectivity index (χ0n) is 14.2. The molecule has 1 fully saturated rings. The van der Waals surface area contributed by atoms with Gasteiger partial charge < -0.3 is 15.2 Å². The lowest BCUT2D eigenvalue weighted by molar-refractivity contribution is -0.118. The van der Waals surface area contributed by atoms with E-state index in [0.29, 0.717) is 19.6 Å². The number of nitrogens with one attached hydrogen (secondary N) is 1. The van der Waals surface area contributed by atoms with E-state index >= 15 is 0 Å². The smallest absolute Gasteiger partial charge is 0.238 e. The number of rotatable bonds is 7. The highest BCUT2D eigenvalue weighted by Gasteiger charge is 2.21. The lowest BCUT2D eigenvalue weighted by atomic mass is 10.1. The summed E-state index contributed by atoms with van der Waals surface area (Å²) < 4.78 is 5.71. The molecule has 2 rings (SSSR count). The summed E-state index contributed by atoms with van der Waals surface area (Å²) in [5.41, 5.74) is 3.18. The summed E-state index contributed by atoms with van der Waals surface area (Å²) >= 11 is 0. The van der Waals surface area contributed by atoms with E-state index in [1.54, 1.807) is 0 Å². The molecule has 5 heteroatoms. The van der Waals surface area contributed by atoms with Gasteiger partial charge in [-0.2, -0.15) is 0 Å². The van der Waals surface area contributed by atoms with Gasteiger partial charge >= 0.3 is 0 Å². The largest absolute Gasteiger partial charge is 0.396 e. The number of aliphatic hydroxyl groups is 1. The Balaban J connectivity index is 1.72. The van der Waals surface area contributed by atoms with Crippen molar-refractivity contribution in [2.75, 3.05) is 38.2 Å². The summed E-state index contributed by atoms with van der Waals surface area (Å²) in [5, 5.41) is 11.8. The molecular formula is C18H28N2O3. The highest BCUT2D eigenvalue weighted by Crippen LogP contribution is 2.17. The zero-order chi connectivity index (χ0) is 16.7. The van der Waals surface area contributed by atoms with Crippen LogP contribution in [0.2, 0.25) is 0 Å². The molecule has 1 aliphatic rings. The fourth-order valence-corrected chi connectivity index (χ4v) is 2.90. The first kappa shape index (κ1) is 17.9. The molecule has 5 nitrogen and oxygen atoms in total. The van der Waals surface area contributed by atoms with Gasteiger partial charge in [0.05, 0.1) is 12.6 Å². The second-order valence-electron chi connectivity index (χ2n) is 6.29. The maximum atomic E-state index is 12.2. The summed E-state index contributed by atoms with van der Waals surface area (Å²) in [6, 6.07) is 6.05. The van der Waals surface area contributed by atoms with Crippen LogP contribution >= 0.6 is 0 Å². The summed E-state index contributed by atoms with van der Waals surface area (Å²) in [4.78, 5) is 14.4. The number of aliphatic hydroxyl groups excluding tert-OH is 1. The van der Waals surface area contributed by atoms with Crippen LogP contribution in [-0.4, -0.2) is 54.9 Å². The number of carbonyl (C=O) groups is 1. The van der Waals surface area contributed by atoms with Gasteiger partial charge in [0.15, 0.2) is 0 Å². The number of piperidine rings is 1. The predicted molar refractivity (Wildman–Crippen MR) is 91.7 cm³/mol. The van der Waals surface area contributed by atoms with Crippen molar-refractivity contribution in [1.82, 2.24) is 4.90 Å². The third-order valence-corrected chi connectivity index (χ3v) is 4.21. The SMILES string of the molecule is Cc1ccc(NC(=O)CN2CCC(OCCCO)CC2)c(C)c1. The minimum Gasteiger partial charge on any atom is -0.396 e. The number of likely N-dealkylation sites (tertiary alicyclic amines) is 1. The van der Waals surface area contributed by atoms with Gasteiger partial charge in [0.25, 0.3) is 0 Å². The van der Waals surface area contributed by atoms with Crippen molar-refractivity contribution in [2.45, 2.75) is 39.2 Å². The molecule has 2 N–H and O–H groups in total. The molecular weight excluding hydrogens is 292 g/mol. The second-order valence-corrected chi connectivity index (χ2v) is 6.29. The molecule has 0 bridgehead atoms. The Morgan fingerprint density at radius 2 is 2.09 bits per heavy atom. The molecule has 1 aromatic carbocycles. The van der Waals surface area contributed by atoms with Gasteiger partial charge in [-0.25, -0.2) is 0 Å². The molecule has 1 aromatic rings. The number of carbonyl (C=O) groups excluding carboxylic acids is 1. The number of aryl methyl sites for hydroxylation is 2. The van der Waals surface area contributed by atoms with Crippen LogP contribution in [0.15, 0.2) is 18.2 Å². The fourth-order valence-electron chi connectivity index (χ4n) is 2.90. The lowest BCUT2D eigenvalue weighted by Crippen LogP contribution is -2.41. The van der Waals surface area contributed by atoms with Crippen LogP contribution in [0.1, 0.15) is 30.4 Å². The summed E-state index contributed by atoms with van der Waals surface area (Å²) in [7, 11) is 0. The van der Waals surface area contributed by atoms with Crippen LogP contribution in [0.5, 0.6) is 0 Å². The third-order valence-electron chi connectivity index (χ3n) is 4.21. The number of amides is 1. The number of anilines is 1. The molecule has 1 saturated heterocycles. The van der Waals surface area contributed by atoms with Gasteiger partial charge in [-0.1, -0.05) is 17.7 Å². The number of nitrogens with zero attached hydrogens (tertiary/aromatic N) is 1. The van der Waals surface area contributed by atoms with Crippen molar-refractivity contribution in [3.8, 4) is 0 Å². The lowest BCUT2D eigenvalue weighted by Gasteiger charge is -2.31. The number of hydrogen-bond acceptors (Lipinski definition) is 4. The van der Waals surface area contributed by atoms with E-state index < -0.39 is 0 Å². The summed E-state index contributed by atoms with van der Waals surface area (Å²) in [6.07, 6.45) is 2.85. The number of benzene rings is 1. The van der Waals surface area contributed by atoms with Gasteiger partial charge in [-0.3, -0.25) is 9.69 Å². The molecule has 0 unspecified atom stereocenters. The molecule has 1 aliphatic heterocycles. The molecule has 0 aliphatic carbocycles. The highest BCUT2D eigenvalue weighted by molar-refractivity contribution is 5.93. The topological polar surface area (TPSA) is 61.8 Å². The van der Waals surface area contributed by atoms with Gasteiger partial charge in [-0.05, 0) is 44.7 Å². The number of hydrogen-bond donors (Lipinski definition) is 2. The quantitative estimate of drug-likeness (QED) is 0.755. The third kappa shape index (κ3) is 5.94. The Kier molecular flexibility index (Phi) is 7.02. The van der Waals surface area contributed by atoms with Gasteiger partial charge in [-0.15, -0.1) is 0 Å². The van der Waals surface area contributed by atoms with Crippen LogP contribution in [0, 0.1) is 13.8 Å². The fraction of sp³-hybridized carbons (Fsp3) is 0.611. The standard InChI is InChI=1S/C18H28N2O3/c1-14-4-5-17(15(2)12-14)19-18(22)13-20-8-6-16(7-9-20)23-11-3-10-21/h4-5,12,16,21H,3,6-11,13H2,1-2H3,(H,19,22). The van der Waals surface area contributed by atoms with Crippen molar-refractivity contribution in [1.29, 1.82) is 0 Å². The minimum atomic E-state index is 0.0385. The van der Waals surface area contributed by atoms with Gasteiger partial charge in [0.1, 0.15) is 0 Å². The van der Waals surface area contributed by atoms with E-state index in [1.807, 2.05) is 26.0 Å². The first-order valence-electron chi connectivity index (χ1n) is 8.40. The van der Waals surface area contributed by atoms with E-state index in [1.165, 1.54) is 5.56 Å². The molecule has 1 amide bonds. The Morgan fingerprint density at radius 3 is 2.74 bits per heavy atom. The van der Waals surface area contributed by atoms with Crippen LogP contribution in [0.25, 0.3) is 0 Å². The minimum absolute atomic E-state index is 0.0385. The first-order chi connectivity index (χ1) is 11.1. The second kappa shape index (κ2) is 9.01. The van der Waals surface area contributed by atoms with Crippen molar-refractivity contribution in [2.24, 2.45) is 0 Å². The molecule has 0 aromatic heterocycles. The average Bonchev–Trinajstić information content (AvgIpc) is 2.52. The van der Waals surface area contributed by atoms with E-state index in [9.17, 15) is 4.79 Å². The normalized spacial score (nSPS) is 16.5. The number of ether oxygens (including phenoxy) is 1. The van der Waals surface area contributed by atoms with E-state index in [2.05, 4.69) is 16.3 Å². The van der Waals surface area contributed by atoms with Crippen LogP contribution in [0.4, 0.5) is 5.69 Å². The predicted octanol–water partition coefficient (Wildman–Crippen LogP) is 2.11. The monoisotopic (exact) mass is 320 g/mol. The summed E-state index contributed by atoms with van der Waals surface area (Å²) in [5.74, 6) is 0.0385. The molecule has 0 radical (unpaired) electrons. The van der Waals surface area contributed by atoms with Crippen molar-refractivity contribution < 1.29 is 14.6 Å². The molecule has 0 spiro atoms. The van der Waals surface area contributed by atoms with E-state index in [-0.39, 0.29) is 18.6 Å². The molecule has 128 valence electrons. The Hall–Kier alpha value is -1.43. The van der Waals surface area contributed by atoms with E-state index in [4.69, 9.17) is 9.84 Å². The Bertz CT molecular complexity index is 511. The van der Waals surface area contributed by atoms with Gasteiger partial charge in [0, 0.05) is 32.0 Å². The Morgan fingerprint density at radius 1 is 1.35 bits per heavy atom. The van der Waals surface area contributed by atoms with Crippen LogP contribution in [-0.2, 0) is 9.53 Å². The maximum Gasteiger partial charge on any atom is 0.238 e.